The van der Waals surface area contributed by atoms with E-state index in [1.165, 1.54) is 7.11 Å². The van der Waals surface area contributed by atoms with Crippen LogP contribution in [-0.2, 0) is 9.53 Å². The number of nitrogens with two attached hydrogens (primary N) is 1. The van der Waals surface area contributed by atoms with Crippen molar-refractivity contribution in [3.05, 3.63) is 12.1 Å². The summed E-state index contributed by atoms with van der Waals surface area (Å²) in [6, 6.07) is 3.65. The number of benzene rings is 1. The van der Waals surface area contributed by atoms with Gasteiger partial charge in [0.05, 0.1) is 27.8 Å². The number of hydrogen-bond donors (Lipinski definition) is 1. The van der Waals surface area contributed by atoms with Gasteiger partial charge in [-0.25, -0.2) is 0 Å². The molecule has 1 aromatic rings. The maximum absolute atomic E-state index is 11.4. The number of thioether (sulfide) groups is 1. The minimum atomic E-state index is -0.145. The first kappa shape index (κ1) is 15.8. The minimum absolute atomic E-state index is 0.0668. The van der Waals surface area contributed by atoms with E-state index in [9.17, 15) is 4.79 Å². The maximum atomic E-state index is 11.4. The zero-order valence-corrected chi connectivity index (χ0v) is 13.4. The number of hydrogen-bond acceptors (Lipinski definition) is 6. The number of methoxy groups -OCH3 is 3. The van der Waals surface area contributed by atoms with E-state index in [0.717, 1.165) is 23.5 Å². The Bertz CT molecular complexity index is 529. The van der Waals surface area contributed by atoms with E-state index in [1.54, 1.807) is 32.0 Å². The standard InChI is InChI=1S/C15H21NO4S/c1-18-11-6-10(16)13(7-12(11)19-2)21-9-15(4-5-15)8-14(17)20-3/h6-7H,4-5,8-9,16H2,1-3H3. The third-order valence-electron chi connectivity index (χ3n) is 3.75. The van der Waals surface area contributed by atoms with Gasteiger partial charge in [-0.15, -0.1) is 11.8 Å². The van der Waals surface area contributed by atoms with Crippen molar-refractivity contribution in [3.8, 4) is 11.5 Å². The molecule has 116 valence electrons. The molecule has 1 aliphatic rings. The van der Waals surface area contributed by atoms with Crippen LogP contribution in [0, 0.1) is 5.41 Å². The van der Waals surface area contributed by atoms with Crippen LogP contribution >= 0.6 is 11.8 Å². The second kappa shape index (κ2) is 6.47. The highest BCUT2D eigenvalue weighted by atomic mass is 32.2. The van der Waals surface area contributed by atoms with Gasteiger partial charge in [-0.3, -0.25) is 4.79 Å². The van der Waals surface area contributed by atoms with Crippen LogP contribution in [0.2, 0.25) is 0 Å². The second-order valence-electron chi connectivity index (χ2n) is 5.29. The molecule has 21 heavy (non-hydrogen) atoms. The first-order valence-corrected chi connectivity index (χ1v) is 7.73. The summed E-state index contributed by atoms with van der Waals surface area (Å²) in [5, 5.41) is 0. The van der Waals surface area contributed by atoms with Gasteiger partial charge >= 0.3 is 5.97 Å². The molecule has 6 heteroatoms. The SMILES string of the molecule is COC(=O)CC1(CSc2cc(OC)c(OC)cc2N)CC1. The maximum Gasteiger partial charge on any atom is 0.306 e. The Morgan fingerprint density at radius 2 is 1.86 bits per heavy atom. The number of carbonyl (C=O) groups is 1. The molecule has 1 saturated carbocycles. The smallest absolute Gasteiger partial charge is 0.306 e. The molecule has 2 N–H and O–H groups in total. The number of ether oxygens (including phenoxy) is 3. The second-order valence-corrected chi connectivity index (χ2v) is 6.30. The Morgan fingerprint density at radius 1 is 1.24 bits per heavy atom. The van der Waals surface area contributed by atoms with Gasteiger partial charge in [0.1, 0.15) is 0 Å². The highest BCUT2D eigenvalue weighted by molar-refractivity contribution is 7.99. The lowest BCUT2D eigenvalue weighted by atomic mass is 10.1. The summed E-state index contributed by atoms with van der Waals surface area (Å²) in [6.07, 6.45) is 2.59. The highest BCUT2D eigenvalue weighted by Crippen LogP contribution is 2.53. The largest absolute Gasteiger partial charge is 0.493 e. The molecule has 2 rings (SSSR count). The third kappa shape index (κ3) is 3.75. The van der Waals surface area contributed by atoms with Gasteiger partial charge in [-0.2, -0.15) is 0 Å². The molecule has 0 unspecified atom stereocenters. The zero-order valence-electron chi connectivity index (χ0n) is 12.6. The molecule has 0 aliphatic heterocycles. The molecule has 1 aromatic carbocycles. The van der Waals surface area contributed by atoms with Gasteiger partial charge in [-0.05, 0) is 24.3 Å². The summed E-state index contributed by atoms with van der Waals surface area (Å²) in [5.74, 6) is 1.98. The molecule has 0 atom stereocenters. The van der Waals surface area contributed by atoms with Crippen molar-refractivity contribution >= 4 is 23.4 Å². The predicted octanol–water partition coefficient (Wildman–Crippen LogP) is 2.72. The minimum Gasteiger partial charge on any atom is -0.493 e. The van der Waals surface area contributed by atoms with Crippen LogP contribution in [0.15, 0.2) is 17.0 Å². The average molecular weight is 311 g/mol. The summed E-state index contributed by atoms with van der Waals surface area (Å²) in [5.41, 5.74) is 6.78. The van der Waals surface area contributed by atoms with E-state index in [4.69, 9.17) is 19.9 Å². The van der Waals surface area contributed by atoms with Gasteiger partial charge in [0.15, 0.2) is 11.5 Å². The lowest BCUT2D eigenvalue weighted by Gasteiger charge is -2.16. The molecule has 0 bridgehead atoms. The first-order chi connectivity index (χ1) is 10.0. The van der Waals surface area contributed by atoms with E-state index < -0.39 is 0 Å². The van der Waals surface area contributed by atoms with Gasteiger partial charge in [0.2, 0.25) is 0 Å². The van der Waals surface area contributed by atoms with Crippen LogP contribution in [0.5, 0.6) is 11.5 Å². The van der Waals surface area contributed by atoms with E-state index in [0.29, 0.717) is 23.6 Å². The molecular formula is C15H21NO4S. The lowest BCUT2D eigenvalue weighted by Crippen LogP contribution is -2.13. The van der Waals surface area contributed by atoms with E-state index in [2.05, 4.69) is 0 Å². The lowest BCUT2D eigenvalue weighted by molar-refractivity contribution is -0.141. The monoisotopic (exact) mass is 311 g/mol. The predicted molar refractivity (Wildman–Crippen MR) is 83.0 cm³/mol. The first-order valence-electron chi connectivity index (χ1n) is 6.75. The highest BCUT2D eigenvalue weighted by Gasteiger charge is 2.44. The van der Waals surface area contributed by atoms with Gasteiger partial charge in [0, 0.05) is 22.4 Å². The van der Waals surface area contributed by atoms with E-state index >= 15 is 0 Å². The fourth-order valence-electron chi connectivity index (χ4n) is 2.16. The molecule has 0 radical (unpaired) electrons. The number of anilines is 1. The van der Waals surface area contributed by atoms with Crippen LogP contribution in [0.25, 0.3) is 0 Å². The molecule has 0 amide bonds. The number of carbonyl (C=O) groups excluding carboxylic acids is 1. The van der Waals surface area contributed by atoms with Gasteiger partial charge in [0.25, 0.3) is 0 Å². The molecule has 1 aliphatic carbocycles. The van der Waals surface area contributed by atoms with Gasteiger partial charge < -0.3 is 19.9 Å². The number of esters is 1. The van der Waals surface area contributed by atoms with Crippen molar-refractivity contribution in [1.29, 1.82) is 0 Å². The Morgan fingerprint density at radius 3 is 2.38 bits per heavy atom. The number of rotatable bonds is 7. The fraction of sp³-hybridized carbons (Fsp3) is 0.533. The molecular weight excluding hydrogens is 290 g/mol. The van der Waals surface area contributed by atoms with Crippen molar-refractivity contribution in [1.82, 2.24) is 0 Å². The molecule has 5 nitrogen and oxygen atoms in total. The Kier molecular flexibility index (Phi) is 4.88. The van der Waals surface area contributed by atoms with Gasteiger partial charge in [-0.1, -0.05) is 0 Å². The van der Waals surface area contributed by atoms with Crippen LogP contribution in [0.1, 0.15) is 19.3 Å². The van der Waals surface area contributed by atoms with Crippen molar-refractivity contribution in [2.24, 2.45) is 5.41 Å². The van der Waals surface area contributed by atoms with Crippen LogP contribution in [-0.4, -0.2) is 33.1 Å². The van der Waals surface area contributed by atoms with Crippen molar-refractivity contribution < 1.29 is 19.0 Å². The summed E-state index contributed by atoms with van der Waals surface area (Å²) in [6.45, 7) is 0. The molecule has 1 fully saturated rings. The third-order valence-corrected chi connectivity index (χ3v) is 5.18. The summed E-state index contributed by atoms with van der Waals surface area (Å²) >= 11 is 1.65. The van der Waals surface area contributed by atoms with Crippen molar-refractivity contribution in [2.45, 2.75) is 24.2 Å². The average Bonchev–Trinajstić information content (AvgIpc) is 3.25. The Hall–Kier alpha value is -1.56. The summed E-state index contributed by atoms with van der Waals surface area (Å²) < 4.78 is 15.3. The Labute approximate surface area is 129 Å². The molecule has 0 heterocycles. The van der Waals surface area contributed by atoms with E-state index in [-0.39, 0.29) is 11.4 Å². The quantitative estimate of drug-likeness (QED) is 0.474. The molecule has 0 aromatic heterocycles. The number of nitrogen functional groups attached to an aromatic ring is 1. The zero-order chi connectivity index (χ0) is 15.5. The Balaban J connectivity index is 2.05. The van der Waals surface area contributed by atoms with Crippen molar-refractivity contribution in [3.63, 3.8) is 0 Å². The van der Waals surface area contributed by atoms with Crippen LogP contribution in [0.3, 0.4) is 0 Å². The topological polar surface area (TPSA) is 70.8 Å². The summed E-state index contributed by atoms with van der Waals surface area (Å²) in [7, 11) is 4.61. The van der Waals surface area contributed by atoms with Crippen molar-refractivity contribution in [2.75, 3.05) is 32.8 Å². The molecule has 0 saturated heterocycles. The summed E-state index contributed by atoms with van der Waals surface area (Å²) in [4.78, 5) is 12.4. The van der Waals surface area contributed by atoms with Crippen LogP contribution < -0.4 is 15.2 Å². The normalized spacial score (nSPS) is 15.4. The molecule has 0 spiro atoms. The van der Waals surface area contributed by atoms with Crippen LogP contribution in [0.4, 0.5) is 5.69 Å². The van der Waals surface area contributed by atoms with E-state index in [1.807, 2.05) is 6.07 Å². The fourth-order valence-corrected chi connectivity index (χ4v) is 3.43.